The number of aromatic nitrogens is 2. The van der Waals surface area contributed by atoms with Gasteiger partial charge in [0, 0.05) is 29.4 Å². The van der Waals surface area contributed by atoms with E-state index in [0.29, 0.717) is 24.4 Å². The number of amides is 1. The topological polar surface area (TPSA) is 104 Å². The maximum atomic E-state index is 13.6. The summed E-state index contributed by atoms with van der Waals surface area (Å²) in [7, 11) is -3.94. The van der Waals surface area contributed by atoms with Crippen LogP contribution in [0.5, 0.6) is 0 Å². The second-order valence-corrected chi connectivity index (χ2v) is 11.9. The molecule has 0 saturated carbocycles. The van der Waals surface area contributed by atoms with E-state index in [2.05, 4.69) is 18.8 Å². The van der Waals surface area contributed by atoms with Gasteiger partial charge < -0.3 is 15.0 Å². The zero-order valence-electron chi connectivity index (χ0n) is 19.4. The van der Waals surface area contributed by atoms with E-state index in [4.69, 9.17) is 10.5 Å². The molecule has 3 aromatic rings. The van der Waals surface area contributed by atoms with Gasteiger partial charge in [-0.3, -0.25) is 0 Å². The van der Waals surface area contributed by atoms with Crippen LogP contribution in [0.15, 0.2) is 47.2 Å². The number of ether oxygens (including phenoxy) is 1. The monoisotopic (exact) mass is 489 g/mol. The molecule has 178 valence electrons. The van der Waals surface area contributed by atoms with E-state index in [-0.39, 0.29) is 10.6 Å². The minimum absolute atomic E-state index is 0.186. The minimum atomic E-state index is -3.94. The summed E-state index contributed by atoms with van der Waals surface area (Å²) >= 11 is 1.27. The lowest BCUT2D eigenvalue weighted by Crippen LogP contribution is -2.30. The molecule has 0 aliphatic rings. The Morgan fingerprint density at radius 1 is 1.24 bits per heavy atom. The van der Waals surface area contributed by atoms with Crippen molar-refractivity contribution in [1.29, 1.82) is 0 Å². The second-order valence-electron chi connectivity index (χ2n) is 8.54. The van der Waals surface area contributed by atoms with Gasteiger partial charge in [0.05, 0.1) is 6.33 Å². The summed E-state index contributed by atoms with van der Waals surface area (Å²) in [5.41, 5.74) is 7.42. The van der Waals surface area contributed by atoms with E-state index in [1.807, 2.05) is 48.9 Å². The average molecular weight is 490 g/mol. The van der Waals surface area contributed by atoms with Gasteiger partial charge in [-0.25, -0.2) is 18.2 Å². The Morgan fingerprint density at radius 2 is 1.94 bits per heavy atom. The number of hydrogen-bond donors (Lipinski definition) is 1. The zero-order chi connectivity index (χ0) is 24.2. The predicted molar refractivity (Wildman–Crippen MR) is 131 cm³/mol. The van der Waals surface area contributed by atoms with Crippen LogP contribution in [-0.2, 0) is 27.5 Å². The summed E-state index contributed by atoms with van der Waals surface area (Å²) in [6.07, 6.45) is 5.80. The van der Waals surface area contributed by atoms with E-state index in [9.17, 15) is 13.2 Å². The van der Waals surface area contributed by atoms with Crippen molar-refractivity contribution >= 4 is 27.3 Å². The van der Waals surface area contributed by atoms with Gasteiger partial charge in [0.15, 0.2) is 0 Å². The summed E-state index contributed by atoms with van der Waals surface area (Å²) in [5.74, 6) is 0.372. The zero-order valence-corrected chi connectivity index (χ0v) is 21.1. The standard InChI is InChI=1S/C24H31N3O4S2/c1-5-6-21(31-24(25)28)33(29,30)23-22(17(4)20(32-23)13-16(2)3)19-9-7-18(8-10-19)14-27-12-11-26-15-27/h7-12,15-16,21H,5-6,13-14H2,1-4H3,(H2,25,28). The van der Waals surface area contributed by atoms with E-state index >= 15 is 0 Å². The van der Waals surface area contributed by atoms with Crippen molar-refractivity contribution in [1.82, 2.24) is 9.55 Å². The van der Waals surface area contributed by atoms with Gasteiger partial charge in [-0.2, -0.15) is 0 Å². The number of rotatable bonds is 10. The number of carbonyl (C=O) groups excluding carboxylic acids is 1. The molecule has 7 nitrogen and oxygen atoms in total. The van der Waals surface area contributed by atoms with Crippen molar-refractivity contribution < 1.29 is 17.9 Å². The molecule has 3 rings (SSSR count). The summed E-state index contributed by atoms with van der Waals surface area (Å²) in [6.45, 7) is 8.70. The molecular weight excluding hydrogens is 458 g/mol. The average Bonchev–Trinajstić information content (AvgIpc) is 3.36. The molecule has 1 atom stereocenters. The predicted octanol–water partition coefficient (Wildman–Crippen LogP) is 5.16. The fourth-order valence-electron chi connectivity index (χ4n) is 3.76. The van der Waals surface area contributed by atoms with E-state index in [1.54, 1.807) is 12.5 Å². The number of benzene rings is 1. The third-order valence-corrected chi connectivity index (χ3v) is 9.15. The Kier molecular flexibility index (Phi) is 7.97. The molecule has 0 spiro atoms. The third kappa shape index (κ3) is 5.83. The number of nitrogens with two attached hydrogens (primary N) is 1. The highest BCUT2D eigenvalue weighted by Gasteiger charge is 2.35. The number of hydrogen-bond acceptors (Lipinski definition) is 6. The Bertz CT molecular complexity index is 1180. The summed E-state index contributed by atoms with van der Waals surface area (Å²) in [5, 5.41) is 0. The Labute approximate surface area is 199 Å². The van der Waals surface area contributed by atoms with Gasteiger partial charge in [0.1, 0.15) is 4.21 Å². The molecule has 0 saturated heterocycles. The van der Waals surface area contributed by atoms with Crippen molar-refractivity contribution in [2.45, 2.75) is 63.1 Å². The van der Waals surface area contributed by atoms with Gasteiger partial charge in [-0.15, -0.1) is 11.3 Å². The molecule has 2 aromatic heterocycles. The normalized spacial score (nSPS) is 12.8. The largest absolute Gasteiger partial charge is 0.430 e. The maximum absolute atomic E-state index is 13.6. The molecule has 0 aliphatic carbocycles. The molecule has 2 N–H and O–H groups in total. The lowest BCUT2D eigenvalue weighted by atomic mass is 9.99. The molecule has 33 heavy (non-hydrogen) atoms. The first-order chi connectivity index (χ1) is 15.6. The molecule has 1 amide bonds. The van der Waals surface area contributed by atoms with E-state index in [0.717, 1.165) is 28.0 Å². The molecule has 1 unspecified atom stereocenters. The van der Waals surface area contributed by atoms with Gasteiger partial charge in [-0.1, -0.05) is 51.5 Å². The molecule has 0 radical (unpaired) electrons. The smallest absolute Gasteiger partial charge is 0.405 e. The number of sulfone groups is 1. The fourth-order valence-corrected chi connectivity index (χ4v) is 7.68. The lowest BCUT2D eigenvalue weighted by Gasteiger charge is -2.17. The maximum Gasteiger partial charge on any atom is 0.405 e. The molecular formula is C24H31N3O4S2. The fraction of sp³-hybridized carbons (Fsp3) is 0.417. The van der Waals surface area contributed by atoms with Crippen LogP contribution in [0.3, 0.4) is 0 Å². The van der Waals surface area contributed by atoms with Crippen molar-refractivity contribution in [2.75, 3.05) is 0 Å². The van der Waals surface area contributed by atoms with E-state index < -0.39 is 21.4 Å². The Hall–Kier alpha value is -2.65. The first-order valence-electron chi connectivity index (χ1n) is 11.0. The molecule has 9 heteroatoms. The molecule has 0 fully saturated rings. The Morgan fingerprint density at radius 3 is 2.48 bits per heavy atom. The highest BCUT2D eigenvalue weighted by atomic mass is 32.2. The van der Waals surface area contributed by atoms with Crippen molar-refractivity contribution in [3.8, 4) is 11.1 Å². The number of primary amides is 1. The second kappa shape index (κ2) is 10.5. The number of nitrogens with zero attached hydrogens (tertiary/aromatic N) is 2. The number of carbonyl (C=O) groups is 1. The van der Waals surface area contributed by atoms with E-state index in [1.165, 1.54) is 11.3 Å². The molecule has 2 heterocycles. The first-order valence-corrected chi connectivity index (χ1v) is 13.4. The third-order valence-electron chi connectivity index (χ3n) is 5.35. The number of imidazole rings is 1. The molecule has 0 bridgehead atoms. The summed E-state index contributed by atoms with van der Waals surface area (Å²) in [6, 6.07) is 7.88. The van der Waals surface area contributed by atoms with Crippen molar-refractivity contribution in [3.63, 3.8) is 0 Å². The van der Waals surface area contributed by atoms with Gasteiger partial charge in [0.2, 0.25) is 15.3 Å². The van der Waals surface area contributed by atoms with Gasteiger partial charge in [-0.05, 0) is 42.4 Å². The van der Waals surface area contributed by atoms with Gasteiger partial charge >= 0.3 is 6.09 Å². The SMILES string of the molecule is CCCC(OC(N)=O)S(=O)(=O)c1sc(CC(C)C)c(C)c1-c1ccc(Cn2ccnc2)cc1. The minimum Gasteiger partial charge on any atom is -0.430 e. The van der Waals surface area contributed by atoms with Crippen LogP contribution in [0.1, 0.15) is 49.6 Å². The Balaban J connectivity index is 2.08. The number of thiophene rings is 1. The van der Waals surface area contributed by atoms with Crippen LogP contribution < -0.4 is 5.73 Å². The van der Waals surface area contributed by atoms with Crippen LogP contribution in [0.2, 0.25) is 0 Å². The summed E-state index contributed by atoms with van der Waals surface area (Å²) < 4.78 is 34.6. The quantitative estimate of drug-likeness (QED) is 0.423. The molecule has 1 aromatic carbocycles. The van der Waals surface area contributed by atoms with Crippen LogP contribution in [-0.4, -0.2) is 29.5 Å². The lowest BCUT2D eigenvalue weighted by molar-refractivity contribution is 0.137. The van der Waals surface area contributed by atoms with Crippen molar-refractivity contribution in [3.05, 3.63) is 59.0 Å². The first kappa shape index (κ1) is 25.0. The highest BCUT2D eigenvalue weighted by Crippen LogP contribution is 2.42. The van der Waals surface area contributed by atoms with Crippen molar-refractivity contribution in [2.24, 2.45) is 11.7 Å². The van der Waals surface area contributed by atoms with Crippen LogP contribution >= 0.6 is 11.3 Å². The van der Waals surface area contributed by atoms with Crippen LogP contribution in [0.4, 0.5) is 4.79 Å². The van der Waals surface area contributed by atoms with Gasteiger partial charge in [0.25, 0.3) is 0 Å². The summed E-state index contributed by atoms with van der Waals surface area (Å²) in [4.78, 5) is 16.5. The van der Waals surface area contributed by atoms with Crippen LogP contribution in [0.25, 0.3) is 11.1 Å². The van der Waals surface area contributed by atoms with Crippen LogP contribution in [0, 0.1) is 12.8 Å². The molecule has 0 aliphatic heterocycles. The highest BCUT2D eigenvalue weighted by molar-refractivity contribution is 7.94.